The van der Waals surface area contributed by atoms with E-state index in [9.17, 15) is 4.21 Å². The molecule has 1 aromatic carbocycles. The highest BCUT2D eigenvalue weighted by atomic mass is 35.5. The summed E-state index contributed by atoms with van der Waals surface area (Å²) in [5.74, 6) is 0. The lowest BCUT2D eigenvalue weighted by Crippen LogP contribution is -2.01. The molecule has 0 radical (unpaired) electrons. The van der Waals surface area contributed by atoms with Crippen molar-refractivity contribution in [3.8, 4) is 0 Å². The number of nitrogens with one attached hydrogen (secondary N) is 1. The van der Waals surface area contributed by atoms with E-state index in [1.165, 1.54) is 6.26 Å². The fraction of sp³-hybridized carbons (Fsp3) is 0.143. The number of rotatable bonds is 2. The van der Waals surface area contributed by atoms with Crippen molar-refractivity contribution in [1.82, 2.24) is 0 Å². The molecule has 3 N–H and O–H groups in total. The fourth-order valence-electron chi connectivity index (χ4n) is 0.769. The number of anilines is 2. The number of nitrogen functional groups attached to an aromatic ring is 1. The molecule has 0 aromatic heterocycles. The zero-order valence-corrected chi connectivity index (χ0v) is 8.08. The van der Waals surface area contributed by atoms with Crippen molar-refractivity contribution in [3.05, 3.63) is 23.2 Å². The van der Waals surface area contributed by atoms with E-state index >= 15 is 0 Å². The second-order valence-corrected chi connectivity index (χ2v) is 3.82. The van der Waals surface area contributed by atoms with Gasteiger partial charge in [-0.1, -0.05) is 11.6 Å². The summed E-state index contributed by atoms with van der Waals surface area (Å²) in [7, 11) is -1.11. The predicted molar refractivity (Wildman–Crippen MR) is 53.6 cm³/mol. The first kappa shape index (κ1) is 9.35. The van der Waals surface area contributed by atoms with Gasteiger partial charge in [-0.25, -0.2) is 4.21 Å². The highest BCUT2D eigenvalue weighted by Gasteiger charge is 2.00. The van der Waals surface area contributed by atoms with Crippen molar-refractivity contribution in [2.24, 2.45) is 0 Å². The Balaban J connectivity index is 2.93. The molecule has 0 spiro atoms. The third kappa shape index (κ3) is 2.39. The third-order valence-corrected chi connectivity index (χ3v) is 2.07. The van der Waals surface area contributed by atoms with Gasteiger partial charge in [-0.05, 0) is 18.2 Å². The van der Waals surface area contributed by atoms with Gasteiger partial charge < -0.3 is 10.5 Å². The van der Waals surface area contributed by atoms with E-state index in [0.717, 1.165) is 0 Å². The second-order valence-electron chi connectivity index (χ2n) is 2.30. The van der Waals surface area contributed by atoms with Crippen molar-refractivity contribution < 1.29 is 4.21 Å². The molecular formula is C7H9ClN2OS. The Morgan fingerprint density at radius 2 is 2.25 bits per heavy atom. The molecular weight excluding hydrogens is 196 g/mol. The minimum absolute atomic E-state index is 0.477. The van der Waals surface area contributed by atoms with Crippen LogP contribution in [-0.4, -0.2) is 10.5 Å². The molecule has 1 rings (SSSR count). The summed E-state index contributed by atoms with van der Waals surface area (Å²) < 4.78 is 13.4. The van der Waals surface area contributed by atoms with E-state index in [-0.39, 0.29) is 0 Å². The highest BCUT2D eigenvalue weighted by Crippen LogP contribution is 2.23. The zero-order valence-electron chi connectivity index (χ0n) is 6.50. The van der Waals surface area contributed by atoms with E-state index in [1.807, 2.05) is 0 Å². The average molecular weight is 205 g/mol. The molecule has 0 amide bonds. The van der Waals surface area contributed by atoms with Crippen LogP contribution in [0.5, 0.6) is 0 Å². The SMILES string of the molecule is CS(=O)Nc1ccc(N)cc1Cl. The van der Waals surface area contributed by atoms with Crippen LogP contribution in [0.1, 0.15) is 0 Å². The molecule has 1 atom stereocenters. The van der Waals surface area contributed by atoms with Crippen LogP contribution in [-0.2, 0) is 11.0 Å². The molecule has 12 heavy (non-hydrogen) atoms. The van der Waals surface area contributed by atoms with Gasteiger partial charge in [0.25, 0.3) is 0 Å². The van der Waals surface area contributed by atoms with Crippen LogP contribution in [0, 0.1) is 0 Å². The van der Waals surface area contributed by atoms with Crippen molar-refractivity contribution in [2.75, 3.05) is 16.7 Å². The van der Waals surface area contributed by atoms with Crippen LogP contribution in [0.3, 0.4) is 0 Å². The van der Waals surface area contributed by atoms with Crippen LogP contribution >= 0.6 is 11.6 Å². The summed E-state index contributed by atoms with van der Waals surface area (Å²) in [5, 5.41) is 0.477. The average Bonchev–Trinajstić information content (AvgIpc) is 1.94. The lowest BCUT2D eigenvalue weighted by Gasteiger charge is -2.04. The Bertz CT molecular complexity index is 316. The molecule has 0 aliphatic rings. The summed E-state index contributed by atoms with van der Waals surface area (Å²) in [5.41, 5.74) is 6.69. The first-order chi connectivity index (χ1) is 5.59. The molecule has 0 fully saturated rings. The number of halogens is 1. The zero-order chi connectivity index (χ0) is 9.14. The van der Waals surface area contributed by atoms with Crippen molar-refractivity contribution in [2.45, 2.75) is 0 Å². The monoisotopic (exact) mass is 204 g/mol. The van der Waals surface area contributed by atoms with Gasteiger partial charge in [0.05, 0.1) is 10.7 Å². The van der Waals surface area contributed by atoms with Gasteiger partial charge in [0.1, 0.15) is 11.0 Å². The molecule has 3 nitrogen and oxygen atoms in total. The normalized spacial score (nSPS) is 12.5. The van der Waals surface area contributed by atoms with Gasteiger partial charge in [0.15, 0.2) is 0 Å². The van der Waals surface area contributed by atoms with Crippen molar-refractivity contribution in [3.63, 3.8) is 0 Å². The van der Waals surface area contributed by atoms with E-state index in [0.29, 0.717) is 16.4 Å². The third-order valence-electron chi connectivity index (χ3n) is 1.25. The molecule has 0 bridgehead atoms. The molecule has 0 saturated heterocycles. The first-order valence-electron chi connectivity index (χ1n) is 3.24. The maximum Gasteiger partial charge on any atom is 0.113 e. The molecule has 1 aromatic rings. The minimum Gasteiger partial charge on any atom is -0.399 e. The van der Waals surface area contributed by atoms with E-state index in [1.54, 1.807) is 18.2 Å². The standard InChI is InChI=1S/C7H9ClN2OS/c1-12(11)10-7-3-2-5(9)4-6(7)8/h2-4,10H,9H2,1H3. The molecule has 0 aliphatic carbocycles. The Morgan fingerprint density at radius 1 is 1.58 bits per heavy atom. The minimum atomic E-state index is -1.11. The smallest absolute Gasteiger partial charge is 0.113 e. The number of hydrogen-bond acceptors (Lipinski definition) is 2. The van der Waals surface area contributed by atoms with Gasteiger partial charge in [-0.15, -0.1) is 0 Å². The van der Waals surface area contributed by atoms with Crippen molar-refractivity contribution >= 4 is 34.0 Å². The maximum absolute atomic E-state index is 10.8. The Hall–Kier alpha value is -0.740. The Kier molecular flexibility index (Phi) is 2.94. The largest absolute Gasteiger partial charge is 0.399 e. The fourth-order valence-corrected chi connectivity index (χ4v) is 1.55. The number of benzene rings is 1. The summed E-state index contributed by atoms with van der Waals surface area (Å²) in [6, 6.07) is 5.00. The summed E-state index contributed by atoms with van der Waals surface area (Å²) >= 11 is 5.80. The molecule has 1 unspecified atom stereocenters. The van der Waals surface area contributed by atoms with Gasteiger partial charge >= 0.3 is 0 Å². The molecule has 0 heterocycles. The van der Waals surface area contributed by atoms with Crippen LogP contribution in [0.2, 0.25) is 5.02 Å². The van der Waals surface area contributed by atoms with E-state index in [4.69, 9.17) is 17.3 Å². The predicted octanol–water partition coefficient (Wildman–Crippen LogP) is 1.63. The van der Waals surface area contributed by atoms with Crippen LogP contribution in [0.4, 0.5) is 11.4 Å². The van der Waals surface area contributed by atoms with Crippen LogP contribution < -0.4 is 10.5 Å². The van der Waals surface area contributed by atoms with Gasteiger partial charge in [-0.2, -0.15) is 0 Å². The van der Waals surface area contributed by atoms with E-state index in [2.05, 4.69) is 4.72 Å². The Morgan fingerprint density at radius 3 is 2.75 bits per heavy atom. The molecule has 66 valence electrons. The molecule has 5 heteroatoms. The molecule has 0 saturated carbocycles. The quantitative estimate of drug-likeness (QED) is 0.720. The Labute approximate surface area is 78.5 Å². The summed E-state index contributed by atoms with van der Waals surface area (Å²) in [4.78, 5) is 0. The van der Waals surface area contributed by atoms with Gasteiger partial charge in [-0.3, -0.25) is 0 Å². The van der Waals surface area contributed by atoms with Crippen molar-refractivity contribution in [1.29, 1.82) is 0 Å². The van der Waals surface area contributed by atoms with Gasteiger partial charge in [0.2, 0.25) is 0 Å². The number of nitrogens with two attached hydrogens (primary N) is 1. The highest BCUT2D eigenvalue weighted by molar-refractivity contribution is 7.85. The van der Waals surface area contributed by atoms with Crippen LogP contribution in [0.15, 0.2) is 18.2 Å². The maximum atomic E-state index is 10.8. The summed E-state index contributed by atoms with van der Waals surface area (Å²) in [6.45, 7) is 0. The second kappa shape index (κ2) is 3.78. The first-order valence-corrected chi connectivity index (χ1v) is 5.18. The molecule has 0 aliphatic heterocycles. The number of hydrogen-bond donors (Lipinski definition) is 2. The lowest BCUT2D eigenvalue weighted by molar-refractivity contribution is 0.690. The topological polar surface area (TPSA) is 55.1 Å². The van der Waals surface area contributed by atoms with Crippen LogP contribution in [0.25, 0.3) is 0 Å². The van der Waals surface area contributed by atoms with Gasteiger partial charge in [0, 0.05) is 11.9 Å². The summed E-state index contributed by atoms with van der Waals surface area (Å²) in [6.07, 6.45) is 1.53. The van der Waals surface area contributed by atoms with E-state index < -0.39 is 11.0 Å². The lowest BCUT2D eigenvalue weighted by atomic mass is 10.3.